The SMILES string of the molecule is CCC(N)Cc1cccc(C)c1OCC(C)OC. The summed E-state index contributed by atoms with van der Waals surface area (Å²) < 4.78 is 11.1. The Morgan fingerprint density at radius 2 is 2.06 bits per heavy atom. The molecule has 3 heteroatoms. The van der Waals surface area contributed by atoms with Crippen LogP contribution in [0.5, 0.6) is 5.75 Å². The molecule has 1 aromatic rings. The van der Waals surface area contributed by atoms with Gasteiger partial charge in [-0.25, -0.2) is 0 Å². The predicted octanol–water partition coefficient (Wildman–Crippen LogP) is 2.69. The Hall–Kier alpha value is -1.06. The smallest absolute Gasteiger partial charge is 0.125 e. The molecule has 0 aromatic heterocycles. The van der Waals surface area contributed by atoms with Crippen LogP contribution in [0.25, 0.3) is 0 Å². The fourth-order valence-corrected chi connectivity index (χ4v) is 1.78. The second-order valence-corrected chi connectivity index (χ2v) is 4.79. The molecule has 1 aromatic carbocycles. The summed E-state index contributed by atoms with van der Waals surface area (Å²) in [6, 6.07) is 6.40. The maximum Gasteiger partial charge on any atom is 0.125 e. The average Bonchev–Trinajstić information content (AvgIpc) is 2.37. The zero-order valence-electron chi connectivity index (χ0n) is 11.9. The van der Waals surface area contributed by atoms with Gasteiger partial charge in [-0.1, -0.05) is 25.1 Å². The molecule has 2 N–H and O–H groups in total. The van der Waals surface area contributed by atoms with Crippen LogP contribution in [0.4, 0.5) is 0 Å². The van der Waals surface area contributed by atoms with Crippen LogP contribution in [-0.4, -0.2) is 25.9 Å². The highest BCUT2D eigenvalue weighted by Crippen LogP contribution is 2.25. The summed E-state index contributed by atoms with van der Waals surface area (Å²) in [4.78, 5) is 0. The zero-order valence-corrected chi connectivity index (χ0v) is 11.9. The first-order chi connectivity index (χ1) is 8.58. The van der Waals surface area contributed by atoms with Crippen LogP contribution in [0, 0.1) is 6.92 Å². The van der Waals surface area contributed by atoms with Crippen molar-refractivity contribution in [2.24, 2.45) is 5.73 Å². The number of rotatable bonds is 7. The first-order valence-corrected chi connectivity index (χ1v) is 6.58. The van der Waals surface area contributed by atoms with Crippen LogP contribution in [0.1, 0.15) is 31.4 Å². The highest BCUT2D eigenvalue weighted by Gasteiger charge is 2.11. The number of nitrogens with two attached hydrogens (primary N) is 1. The van der Waals surface area contributed by atoms with Crippen molar-refractivity contribution in [2.75, 3.05) is 13.7 Å². The van der Waals surface area contributed by atoms with Crippen molar-refractivity contribution in [1.82, 2.24) is 0 Å². The van der Waals surface area contributed by atoms with E-state index in [0.717, 1.165) is 24.2 Å². The van der Waals surface area contributed by atoms with Crippen LogP contribution in [0.3, 0.4) is 0 Å². The van der Waals surface area contributed by atoms with Crippen molar-refractivity contribution < 1.29 is 9.47 Å². The van der Waals surface area contributed by atoms with E-state index in [1.54, 1.807) is 7.11 Å². The molecule has 0 saturated carbocycles. The van der Waals surface area contributed by atoms with E-state index in [1.807, 2.05) is 6.92 Å². The lowest BCUT2D eigenvalue weighted by Gasteiger charge is -2.18. The van der Waals surface area contributed by atoms with E-state index in [-0.39, 0.29) is 12.1 Å². The molecule has 1 rings (SSSR count). The van der Waals surface area contributed by atoms with Crippen molar-refractivity contribution in [3.05, 3.63) is 29.3 Å². The first-order valence-electron chi connectivity index (χ1n) is 6.58. The summed E-state index contributed by atoms with van der Waals surface area (Å²) >= 11 is 0. The van der Waals surface area contributed by atoms with Gasteiger partial charge >= 0.3 is 0 Å². The minimum atomic E-state index is 0.0947. The maximum atomic E-state index is 6.03. The monoisotopic (exact) mass is 251 g/mol. The molecule has 0 aliphatic carbocycles. The van der Waals surface area contributed by atoms with Gasteiger partial charge in [0.1, 0.15) is 12.4 Å². The van der Waals surface area contributed by atoms with Crippen LogP contribution in [0.15, 0.2) is 18.2 Å². The lowest BCUT2D eigenvalue weighted by atomic mass is 10.0. The van der Waals surface area contributed by atoms with Crippen molar-refractivity contribution in [3.63, 3.8) is 0 Å². The Morgan fingerprint density at radius 1 is 1.33 bits per heavy atom. The summed E-state index contributed by atoms with van der Waals surface area (Å²) in [7, 11) is 1.69. The maximum absolute atomic E-state index is 6.03. The molecule has 0 aliphatic heterocycles. The van der Waals surface area contributed by atoms with Crippen molar-refractivity contribution in [2.45, 2.75) is 45.8 Å². The summed E-state index contributed by atoms with van der Waals surface area (Å²) in [5.41, 5.74) is 8.37. The standard InChI is InChI=1S/C15H25NO2/c1-5-14(16)9-13-8-6-7-11(2)15(13)18-10-12(3)17-4/h6-8,12,14H,5,9-10,16H2,1-4H3. The molecular formula is C15H25NO2. The van der Waals surface area contributed by atoms with E-state index < -0.39 is 0 Å². The predicted molar refractivity (Wildman–Crippen MR) is 75.1 cm³/mol. The number of para-hydroxylation sites is 1. The topological polar surface area (TPSA) is 44.5 Å². The molecule has 102 valence electrons. The number of hydrogen-bond donors (Lipinski definition) is 1. The average molecular weight is 251 g/mol. The van der Waals surface area contributed by atoms with Crippen LogP contribution in [-0.2, 0) is 11.2 Å². The van der Waals surface area contributed by atoms with Crippen LogP contribution in [0.2, 0.25) is 0 Å². The van der Waals surface area contributed by atoms with Gasteiger partial charge in [-0.15, -0.1) is 0 Å². The molecule has 0 radical (unpaired) electrons. The molecule has 0 aliphatic rings. The van der Waals surface area contributed by atoms with Gasteiger partial charge in [0.05, 0.1) is 6.10 Å². The normalized spacial score (nSPS) is 14.3. The van der Waals surface area contributed by atoms with Crippen LogP contribution >= 0.6 is 0 Å². The quantitative estimate of drug-likeness (QED) is 0.810. The number of aryl methyl sites for hydroxylation is 1. The Kier molecular flexibility index (Phi) is 6.16. The third-order valence-electron chi connectivity index (χ3n) is 3.16. The second kappa shape index (κ2) is 7.39. The molecule has 0 saturated heterocycles. The highest BCUT2D eigenvalue weighted by molar-refractivity contribution is 5.41. The van der Waals surface area contributed by atoms with E-state index in [2.05, 4.69) is 32.0 Å². The molecule has 2 unspecified atom stereocenters. The zero-order chi connectivity index (χ0) is 13.5. The van der Waals surface area contributed by atoms with E-state index in [0.29, 0.717) is 6.61 Å². The molecule has 18 heavy (non-hydrogen) atoms. The van der Waals surface area contributed by atoms with Crippen molar-refractivity contribution in [1.29, 1.82) is 0 Å². The molecular weight excluding hydrogens is 226 g/mol. The van der Waals surface area contributed by atoms with Gasteiger partial charge in [-0.05, 0) is 37.8 Å². The molecule has 0 heterocycles. The fourth-order valence-electron chi connectivity index (χ4n) is 1.78. The third kappa shape index (κ3) is 4.31. The summed E-state index contributed by atoms with van der Waals surface area (Å²) in [6.45, 7) is 6.73. The van der Waals surface area contributed by atoms with Crippen molar-refractivity contribution in [3.8, 4) is 5.75 Å². The highest BCUT2D eigenvalue weighted by atomic mass is 16.5. The largest absolute Gasteiger partial charge is 0.490 e. The Bertz CT molecular complexity index is 366. The summed E-state index contributed by atoms with van der Waals surface area (Å²) in [6.07, 6.45) is 1.92. The molecule has 0 amide bonds. The lowest BCUT2D eigenvalue weighted by molar-refractivity contribution is 0.0710. The lowest BCUT2D eigenvalue weighted by Crippen LogP contribution is -2.22. The molecule has 0 bridgehead atoms. The van der Waals surface area contributed by atoms with Crippen molar-refractivity contribution >= 4 is 0 Å². The van der Waals surface area contributed by atoms with Gasteiger partial charge in [0.15, 0.2) is 0 Å². The van der Waals surface area contributed by atoms with Gasteiger partial charge in [-0.3, -0.25) is 0 Å². The van der Waals surface area contributed by atoms with Gasteiger partial charge < -0.3 is 15.2 Å². The number of methoxy groups -OCH3 is 1. The molecule has 0 spiro atoms. The minimum absolute atomic E-state index is 0.0947. The molecule has 2 atom stereocenters. The Morgan fingerprint density at radius 3 is 2.67 bits per heavy atom. The second-order valence-electron chi connectivity index (χ2n) is 4.79. The van der Waals surface area contributed by atoms with E-state index in [1.165, 1.54) is 5.56 Å². The summed E-state index contributed by atoms with van der Waals surface area (Å²) in [5, 5.41) is 0. The molecule has 0 fully saturated rings. The van der Waals surface area contributed by atoms with E-state index in [4.69, 9.17) is 15.2 Å². The van der Waals surface area contributed by atoms with E-state index >= 15 is 0 Å². The minimum Gasteiger partial charge on any atom is -0.490 e. The number of ether oxygens (including phenoxy) is 2. The molecule has 3 nitrogen and oxygen atoms in total. The van der Waals surface area contributed by atoms with Gasteiger partial charge in [0.25, 0.3) is 0 Å². The van der Waals surface area contributed by atoms with E-state index in [9.17, 15) is 0 Å². The van der Waals surface area contributed by atoms with Gasteiger partial charge in [-0.2, -0.15) is 0 Å². The Labute approximate surface area is 110 Å². The van der Waals surface area contributed by atoms with Gasteiger partial charge in [0.2, 0.25) is 0 Å². The summed E-state index contributed by atoms with van der Waals surface area (Å²) in [5.74, 6) is 0.963. The fraction of sp³-hybridized carbons (Fsp3) is 0.600. The number of benzene rings is 1. The van der Waals surface area contributed by atoms with Gasteiger partial charge in [0, 0.05) is 13.2 Å². The number of hydrogen-bond acceptors (Lipinski definition) is 3. The Balaban J connectivity index is 2.80. The third-order valence-corrected chi connectivity index (χ3v) is 3.16. The first kappa shape index (κ1) is 15.0. The van der Waals surface area contributed by atoms with Crippen LogP contribution < -0.4 is 10.5 Å².